The van der Waals surface area contributed by atoms with Crippen molar-refractivity contribution in [1.82, 2.24) is 4.98 Å². The van der Waals surface area contributed by atoms with Crippen LogP contribution in [0.3, 0.4) is 0 Å². The fraction of sp³-hybridized carbons (Fsp3) is 0.0833. The molecular formula is C12H11FN2O3S. The van der Waals surface area contributed by atoms with Crippen LogP contribution >= 0.6 is 0 Å². The lowest BCUT2D eigenvalue weighted by molar-refractivity contribution is 0.278. The SMILES string of the molecule is O=S(=O)(Nc1ccncc1)c1cc(F)ccc1CO. The van der Waals surface area contributed by atoms with Crippen molar-refractivity contribution in [1.29, 1.82) is 0 Å². The largest absolute Gasteiger partial charge is 0.392 e. The smallest absolute Gasteiger partial charge is 0.262 e. The normalized spacial score (nSPS) is 11.3. The number of nitrogens with one attached hydrogen (secondary N) is 1. The average molecular weight is 282 g/mol. The van der Waals surface area contributed by atoms with Crippen molar-refractivity contribution in [3.8, 4) is 0 Å². The van der Waals surface area contributed by atoms with Crippen molar-refractivity contribution in [3.05, 3.63) is 54.1 Å². The molecule has 0 aliphatic rings. The minimum Gasteiger partial charge on any atom is -0.392 e. The number of halogens is 1. The Bertz CT molecular complexity index is 675. The van der Waals surface area contributed by atoms with Gasteiger partial charge >= 0.3 is 0 Å². The molecule has 7 heteroatoms. The summed E-state index contributed by atoms with van der Waals surface area (Å²) in [5, 5.41) is 9.11. The van der Waals surface area contributed by atoms with E-state index in [0.29, 0.717) is 5.69 Å². The highest BCUT2D eigenvalue weighted by molar-refractivity contribution is 7.92. The summed E-state index contributed by atoms with van der Waals surface area (Å²) in [6.07, 6.45) is 2.85. The van der Waals surface area contributed by atoms with Gasteiger partial charge in [0.15, 0.2) is 0 Å². The van der Waals surface area contributed by atoms with Crippen molar-refractivity contribution in [2.24, 2.45) is 0 Å². The lowest BCUT2D eigenvalue weighted by Crippen LogP contribution is -2.15. The number of pyridine rings is 1. The summed E-state index contributed by atoms with van der Waals surface area (Å²) in [4.78, 5) is 3.48. The van der Waals surface area contributed by atoms with E-state index >= 15 is 0 Å². The maximum absolute atomic E-state index is 13.2. The summed E-state index contributed by atoms with van der Waals surface area (Å²) in [5.41, 5.74) is 0.436. The zero-order valence-corrected chi connectivity index (χ0v) is 10.6. The van der Waals surface area contributed by atoms with Gasteiger partial charge in [-0.2, -0.15) is 0 Å². The molecule has 0 saturated heterocycles. The van der Waals surface area contributed by atoms with Crippen LogP contribution in [0.1, 0.15) is 5.56 Å². The Morgan fingerprint density at radius 2 is 1.89 bits per heavy atom. The number of aliphatic hydroxyl groups is 1. The molecular weight excluding hydrogens is 271 g/mol. The fourth-order valence-electron chi connectivity index (χ4n) is 1.54. The van der Waals surface area contributed by atoms with Crippen molar-refractivity contribution in [2.45, 2.75) is 11.5 Å². The summed E-state index contributed by atoms with van der Waals surface area (Å²) < 4.78 is 39.7. The van der Waals surface area contributed by atoms with Crippen LogP contribution in [0.15, 0.2) is 47.6 Å². The van der Waals surface area contributed by atoms with Gasteiger partial charge in [0.25, 0.3) is 10.0 Å². The lowest BCUT2D eigenvalue weighted by atomic mass is 10.2. The molecule has 100 valence electrons. The standard InChI is InChI=1S/C12H11FN2O3S/c13-10-2-1-9(8-16)12(7-10)19(17,18)15-11-3-5-14-6-4-11/h1-7,16H,8H2,(H,14,15). The van der Waals surface area contributed by atoms with Gasteiger partial charge in [-0.15, -0.1) is 0 Å². The molecule has 0 amide bonds. The van der Waals surface area contributed by atoms with Crippen LogP contribution in [0.2, 0.25) is 0 Å². The number of hydrogen-bond acceptors (Lipinski definition) is 4. The van der Waals surface area contributed by atoms with Gasteiger partial charge in [-0.05, 0) is 29.8 Å². The first-order valence-electron chi connectivity index (χ1n) is 5.35. The Hall–Kier alpha value is -1.99. The van der Waals surface area contributed by atoms with Crippen LogP contribution in [0.25, 0.3) is 0 Å². The van der Waals surface area contributed by atoms with Gasteiger partial charge < -0.3 is 5.11 Å². The van der Waals surface area contributed by atoms with Crippen LogP contribution in [-0.4, -0.2) is 18.5 Å². The molecule has 5 nitrogen and oxygen atoms in total. The van der Waals surface area contributed by atoms with Crippen molar-refractivity contribution < 1.29 is 17.9 Å². The molecule has 1 aromatic carbocycles. The Morgan fingerprint density at radius 1 is 1.21 bits per heavy atom. The number of aromatic nitrogens is 1. The third kappa shape index (κ3) is 3.07. The molecule has 0 fully saturated rings. The van der Waals surface area contributed by atoms with E-state index in [9.17, 15) is 12.8 Å². The van der Waals surface area contributed by atoms with E-state index in [2.05, 4.69) is 9.71 Å². The van der Waals surface area contributed by atoms with Crippen LogP contribution in [0.5, 0.6) is 0 Å². The number of nitrogens with zero attached hydrogens (tertiary/aromatic N) is 1. The molecule has 1 heterocycles. The van der Waals surface area contributed by atoms with Gasteiger partial charge in [0.2, 0.25) is 0 Å². The van der Waals surface area contributed by atoms with Gasteiger partial charge in [0.05, 0.1) is 17.2 Å². The summed E-state index contributed by atoms with van der Waals surface area (Å²) in [6.45, 7) is -0.493. The molecule has 2 N–H and O–H groups in total. The Morgan fingerprint density at radius 3 is 2.53 bits per heavy atom. The summed E-state index contributed by atoms with van der Waals surface area (Å²) >= 11 is 0. The summed E-state index contributed by atoms with van der Waals surface area (Å²) in [7, 11) is -3.96. The maximum Gasteiger partial charge on any atom is 0.262 e. The fourth-order valence-corrected chi connectivity index (χ4v) is 2.84. The highest BCUT2D eigenvalue weighted by Crippen LogP contribution is 2.20. The number of benzene rings is 1. The molecule has 0 radical (unpaired) electrons. The number of aliphatic hydroxyl groups excluding tert-OH is 1. The van der Waals surface area contributed by atoms with Gasteiger partial charge in [0.1, 0.15) is 5.82 Å². The van der Waals surface area contributed by atoms with Gasteiger partial charge in [-0.3, -0.25) is 9.71 Å². The molecule has 0 aliphatic carbocycles. The third-order valence-electron chi connectivity index (χ3n) is 2.42. The zero-order chi connectivity index (χ0) is 13.9. The number of sulfonamides is 1. The second-order valence-electron chi connectivity index (χ2n) is 3.75. The minimum absolute atomic E-state index is 0.128. The van der Waals surface area contributed by atoms with Crippen LogP contribution in [-0.2, 0) is 16.6 Å². The molecule has 2 rings (SSSR count). The van der Waals surface area contributed by atoms with E-state index in [-0.39, 0.29) is 10.5 Å². The Kier molecular flexibility index (Phi) is 3.77. The van der Waals surface area contributed by atoms with Gasteiger partial charge in [-0.25, -0.2) is 12.8 Å². The molecule has 2 aromatic rings. The first kappa shape index (κ1) is 13.4. The predicted octanol–water partition coefficient (Wildman–Crippen LogP) is 1.51. The summed E-state index contributed by atoms with van der Waals surface area (Å²) in [6, 6.07) is 6.13. The highest BCUT2D eigenvalue weighted by Gasteiger charge is 2.19. The Labute approximate surface area is 109 Å². The topological polar surface area (TPSA) is 79.3 Å². The molecule has 0 spiro atoms. The minimum atomic E-state index is -3.96. The monoisotopic (exact) mass is 282 g/mol. The molecule has 1 aromatic heterocycles. The van der Waals surface area contributed by atoms with Gasteiger partial charge in [0, 0.05) is 12.4 Å². The molecule has 0 aliphatic heterocycles. The van der Waals surface area contributed by atoms with E-state index < -0.39 is 22.4 Å². The molecule has 0 bridgehead atoms. The average Bonchev–Trinajstić information content (AvgIpc) is 2.39. The van der Waals surface area contributed by atoms with E-state index in [1.807, 2.05) is 0 Å². The molecule has 0 atom stereocenters. The van der Waals surface area contributed by atoms with Crippen molar-refractivity contribution in [2.75, 3.05) is 4.72 Å². The lowest BCUT2D eigenvalue weighted by Gasteiger charge is -2.11. The van der Waals surface area contributed by atoms with Gasteiger partial charge in [-0.1, -0.05) is 6.07 Å². The molecule has 0 saturated carbocycles. The highest BCUT2D eigenvalue weighted by atomic mass is 32.2. The van der Waals surface area contributed by atoms with E-state index in [1.165, 1.54) is 30.6 Å². The number of hydrogen-bond donors (Lipinski definition) is 2. The quantitative estimate of drug-likeness (QED) is 0.891. The zero-order valence-electron chi connectivity index (χ0n) is 9.75. The second-order valence-corrected chi connectivity index (χ2v) is 5.40. The third-order valence-corrected chi connectivity index (χ3v) is 3.89. The van der Waals surface area contributed by atoms with E-state index in [1.54, 1.807) is 0 Å². The van der Waals surface area contributed by atoms with E-state index in [4.69, 9.17) is 5.11 Å². The van der Waals surface area contributed by atoms with Crippen molar-refractivity contribution >= 4 is 15.7 Å². The molecule has 0 unspecified atom stereocenters. The van der Waals surface area contributed by atoms with Crippen LogP contribution in [0, 0.1) is 5.82 Å². The van der Waals surface area contributed by atoms with E-state index in [0.717, 1.165) is 12.1 Å². The van der Waals surface area contributed by atoms with Crippen molar-refractivity contribution in [3.63, 3.8) is 0 Å². The Balaban J connectivity index is 2.42. The van der Waals surface area contributed by atoms with Crippen LogP contribution < -0.4 is 4.72 Å². The second kappa shape index (κ2) is 5.33. The molecule has 19 heavy (non-hydrogen) atoms. The predicted molar refractivity (Wildman–Crippen MR) is 67.4 cm³/mol. The first-order valence-corrected chi connectivity index (χ1v) is 6.83. The van der Waals surface area contributed by atoms with Crippen LogP contribution in [0.4, 0.5) is 10.1 Å². The first-order chi connectivity index (χ1) is 9.03. The number of rotatable bonds is 4. The summed E-state index contributed by atoms with van der Waals surface area (Å²) in [5.74, 6) is -0.688. The maximum atomic E-state index is 13.2. The number of anilines is 1.